The Balaban J connectivity index is 1.10. The molecule has 4 bridgehead atoms. The minimum atomic E-state index is -0.953. The van der Waals surface area contributed by atoms with Gasteiger partial charge in [-0.05, 0) is 115 Å². The Kier molecular flexibility index (Phi) is 13.5. The molecule has 4 aliphatic carbocycles. The number of rotatable bonds is 18. The Morgan fingerprint density at radius 2 is 1.60 bits per heavy atom. The average Bonchev–Trinajstić information content (AvgIpc) is 3.08. The molecule has 1 saturated heterocycles. The van der Waals surface area contributed by atoms with Crippen molar-refractivity contribution < 1.29 is 23.9 Å². The highest BCUT2D eigenvalue weighted by Gasteiger charge is 2.51. The summed E-state index contributed by atoms with van der Waals surface area (Å²) >= 11 is 0. The van der Waals surface area contributed by atoms with E-state index < -0.39 is 23.6 Å². The molecule has 0 radical (unpaired) electrons. The highest BCUT2D eigenvalue weighted by molar-refractivity contribution is 5.86. The maximum Gasteiger partial charge on any atom is 0.408 e. The fourth-order valence-electron chi connectivity index (χ4n) is 8.97. The van der Waals surface area contributed by atoms with Crippen molar-refractivity contribution >= 4 is 29.8 Å². The quantitative estimate of drug-likeness (QED) is 0.125. The van der Waals surface area contributed by atoms with Gasteiger partial charge in [-0.25, -0.2) is 4.79 Å². The van der Waals surface area contributed by atoms with E-state index in [1.807, 2.05) is 20.8 Å². The third-order valence-corrected chi connectivity index (χ3v) is 11.1. The Bertz CT molecular complexity index is 1440. The highest BCUT2D eigenvalue weighted by Crippen LogP contribution is 2.56. The summed E-state index contributed by atoms with van der Waals surface area (Å²) in [5, 5.41) is 11.9. The number of anilines is 2. The summed E-state index contributed by atoms with van der Waals surface area (Å²) in [7, 11) is 0. The van der Waals surface area contributed by atoms with Crippen LogP contribution in [0.25, 0.3) is 0 Å². The van der Waals surface area contributed by atoms with E-state index in [2.05, 4.69) is 43.0 Å². The fourth-order valence-corrected chi connectivity index (χ4v) is 8.97. The lowest BCUT2D eigenvalue weighted by Crippen LogP contribution is -2.55. The van der Waals surface area contributed by atoms with E-state index in [1.165, 1.54) is 38.5 Å². The number of nitrogens with zero attached hydrogens (tertiary/aromatic N) is 4. The summed E-state index contributed by atoms with van der Waals surface area (Å²) in [6, 6.07) is -0.583. The van der Waals surface area contributed by atoms with Crippen molar-refractivity contribution in [1.82, 2.24) is 30.9 Å². The van der Waals surface area contributed by atoms with Crippen molar-refractivity contribution in [2.24, 2.45) is 23.7 Å². The molecule has 284 valence electrons. The average molecular weight is 719 g/mol. The molecule has 1 aliphatic heterocycles. The van der Waals surface area contributed by atoms with Crippen molar-refractivity contribution in [3.05, 3.63) is 0 Å². The molecule has 1 atom stereocenters. The second-order valence-electron chi connectivity index (χ2n) is 15.9. The smallest absolute Gasteiger partial charge is 0.408 e. The Labute approximate surface area is 309 Å². The number of hydrogen-bond acceptors (Lipinski definition) is 10. The topological polar surface area (TPSA) is 160 Å². The number of carbonyl (C=O) groups is 3. The Hall–Kier alpha value is -4.26. The van der Waals surface area contributed by atoms with Crippen LogP contribution < -0.4 is 30.9 Å². The van der Waals surface area contributed by atoms with Gasteiger partial charge in [-0.3, -0.25) is 9.59 Å². The maximum atomic E-state index is 13.0. The van der Waals surface area contributed by atoms with Crippen LogP contribution in [0.4, 0.5) is 16.7 Å². The number of alkyl carbamates (subject to hydrolysis) is 1. The molecule has 2 heterocycles. The van der Waals surface area contributed by atoms with Gasteiger partial charge in [-0.15, -0.1) is 24.7 Å². The van der Waals surface area contributed by atoms with Gasteiger partial charge < -0.3 is 35.6 Å². The number of ether oxygens (including phenoxy) is 2. The lowest BCUT2D eigenvalue weighted by atomic mass is 9.53. The predicted molar refractivity (Wildman–Crippen MR) is 199 cm³/mol. The second kappa shape index (κ2) is 18.0. The van der Waals surface area contributed by atoms with Crippen molar-refractivity contribution in [3.63, 3.8) is 0 Å². The van der Waals surface area contributed by atoms with Crippen LogP contribution in [0.1, 0.15) is 111 Å². The van der Waals surface area contributed by atoms with Gasteiger partial charge >= 0.3 is 12.1 Å². The monoisotopic (exact) mass is 718 g/mol. The molecule has 4 saturated carbocycles. The first-order valence-corrected chi connectivity index (χ1v) is 19.3. The molecule has 13 heteroatoms. The van der Waals surface area contributed by atoms with Gasteiger partial charge in [0, 0.05) is 51.0 Å². The molecule has 1 aromatic heterocycles. The van der Waals surface area contributed by atoms with Crippen LogP contribution in [0.2, 0.25) is 0 Å². The van der Waals surface area contributed by atoms with Crippen LogP contribution in [0.5, 0.6) is 6.01 Å². The van der Waals surface area contributed by atoms with Gasteiger partial charge in [0.2, 0.25) is 23.7 Å². The first-order chi connectivity index (χ1) is 25.0. The molecule has 5 aliphatic rings. The van der Waals surface area contributed by atoms with Crippen LogP contribution in [-0.4, -0.2) is 82.8 Å². The molecule has 5 fully saturated rings. The second-order valence-corrected chi connectivity index (χ2v) is 15.9. The van der Waals surface area contributed by atoms with Crippen molar-refractivity contribution in [3.8, 4) is 30.7 Å². The molecule has 6 rings (SSSR count). The Morgan fingerprint density at radius 1 is 0.962 bits per heavy atom. The number of piperidine rings is 1. The minimum absolute atomic E-state index is 0.0392. The summed E-state index contributed by atoms with van der Waals surface area (Å²) in [4.78, 5) is 54.6. The van der Waals surface area contributed by atoms with Crippen molar-refractivity contribution in [2.45, 2.75) is 128 Å². The first kappa shape index (κ1) is 39.0. The van der Waals surface area contributed by atoms with E-state index in [0.29, 0.717) is 56.2 Å². The van der Waals surface area contributed by atoms with Crippen LogP contribution in [0.3, 0.4) is 0 Å². The van der Waals surface area contributed by atoms with Gasteiger partial charge in [-0.1, -0.05) is 0 Å². The van der Waals surface area contributed by atoms with Crippen LogP contribution in [0.15, 0.2) is 0 Å². The third-order valence-electron chi connectivity index (χ3n) is 11.1. The highest BCUT2D eigenvalue weighted by atomic mass is 16.6. The number of carbonyl (C=O) groups excluding carboxylic acids is 3. The van der Waals surface area contributed by atoms with Crippen molar-refractivity contribution in [2.75, 3.05) is 43.0 Å². The molecule has 3 amide bonds. The molecule has 0 unspecified atom stereocenters. The zero-order valence-electron chi connectivity index (χ0n) is 31.3. The molecule has 0 spiro atoms. The molecule has 0 aromatic carbocycles. The summed E-state index contributed by atoms with van der Waals surface area (Å²) in [6.07, 6.45) is 21.9. The molecular formula is C39H58N8O5. The van der Waals surface area contributed by atoms with Gasteiger partial charge in [0.25, 0.3) is 0 Å². The normalized spacial score (nSPS) is 24.2. The van der Waals surface area contributed by atoms with E-state index >= 15 is 0 Å². The maximum absolute atomic E-state index is 13.0. The fraction of sp³-hybridized carbons (Fsp3) is 0.744. The summed E-state index contributed by atoms with van der Waals surface area (Å²) in [5.74, 6) is 8.45. The van der Waals surface area contributed by atoms with E-state index in [0.717, 1.165) is 50.1 Å². The number of aromatic nitrogens is 3. The lowest BCUT2D eigenvalue weighted by Gasteiger charge is -2.56. The van der Waals surface area contributed by atoms with Gasteiger partial charge in [0.1, 0.15) is 11.6 Å². The standard InChI is InChI=1S/C39H58N8O5/c1-6-9-17-40-32(48)12-11-31(33(49)41-18-10-7-2)42-37(50)52-38(4,5)16-13-27-14-19-47(20-15-27)35-43-34(44-36(45-35)51-8-3)46-39-24-28-21-29(25-39)23-30(22-28)26-39/h1-2,27-31H,8-26H2,3-5H3,(H,40,48)(H,41,49)(H,42,50)(H,43,44,45,46)/t28?,29?,30?,31-,39?/m0/s1. The van der Waals surface area contributed by atoms with Crippen molar-refractivity contribution in [1.29, 1.82) is 0 Å². The molecule has 52 heavy (non-hydrogen) atoms. The number of hydrogen-bond donors (Lipinski definition) is 4. The van der Waals surface area contributed by atoms with Crippen LogP contribution in [0, 0.1) is 48.4 Å². The summed E-state index contributed by atoms with van der Waals surface area (Å²) in [6.45, 7) is 8.42. The van der Waals surface area contributed by atoms with E-state index in [-0.39, 0.29) is 30.8 Å². The van der Waals surface area contributed by atoms with E-state index in [1.54, 1.807) is 0 Å². The summed E-state index contributed by atoms with van der Waals surface area (Å²) < 4.78 is 11.6. The molecular weight excluding hydrogens is 660 g/mol. The zero-order chi connectivity index (χ0) is 37.1. The lowest BCUT2D eigenvalue weighted by molar-refractivity contribution is -0.124. The van der Waals surface area contributed by atoms with Crippen LogP contribution in [-0.2, 0) is 14.3 Å². The Morgan fingerprint density at radius 3 is 2.21 bits per heavy atom. The molecule has 13 nitrogen and oxygen atoms in total. The van der Waals surface area contributed by atoms with Gasteiger partial charge in [0.15, 0.2) is 0 Å². The minimum Gasteiger partial charge on any atom is -0.464 e. The van der Waals surface area contributed by atoms with Gasteiger partial charge in [-0.2, -0.15) is 15.0 Å². The summed E-state index contributed by atoms with van der Waals surface area (Å²) in [5.41, 5.74) is -0.680. The largest absolute Gasteiger partial charge is 0.464 e. The SMILES string of the molecule is C#CCCNC(=O)CC[C@H](NC(=O)OC(C)(C)CCC1CCN(c2nc(NC34CC5CC(CC(C5)C3)C4)nc(OCC)n2)CC1)C(=O)NCCC#C. The zero-order valence-corrected chi connectivity index (χ0v) is 31.3. The molecule has 4 N–H and O–H groups in total. The van der Waals surface area contributed by atoms with Gasteiger partial charge in [0.05, 0.1) is 6.61 Å². The van der Waals surface area contributed by atoms with Crippen LogP contribution >= 0.6 is 0 Å². The van der Waals surface area contributed by atoms with E-state index in [9.17, 15) is 14.4 Å². The third kappa shape index (κ3) is 11.1. The number of nitrogens with one attached hydrogen (secondary N) is 4. The van der Waals surface area contributed by atoms with E-state index in [4.69, 9.17) is 32.3 Å². The predicted octanol–water partition coefficient (Wildman–Crippen LogP) is 4.58. The number of amides is 3. The first-order valence-electron chi connectivity index (χ1n) is 19.3. The molecule has 1 aromatic rings. The number of terminal acetylenes is 2.